The zero-order valence-corrected chi connectivity index (χ0v) is 18.8. The average Bonchev–Trinajstić information content (AvgIpc) is 2.80. The van der Waals surface area contributed by atoms with Crippen LogP contribution in [0.4, 0.5) is 23.7 Å². The molecule has 3 amide bonds. The Morgan fingerprint density at radius 2 is 1.78 bits per heavy atom. The first-order chi connectivity index (χ1) is 17.2. The molecule has 0 saturated carbocycles. The molecule has 0 spiro atoms. The van der Waals surface area contributed by atoms with Crippen LogP contribution >= 0.6 is 0 Å². The molecule has 0 aromatic heterocycles. The minimum Gasteiger partial charge on any atom is -0.486 e. The summed E-state index contributed by atoms with van der Waals surface area (Å²) < 4.78 is 56.3. The van der Waals surface area contributed by atoms with Gasteiger partial charge in [-0.2, -0.15) is 13.2 Å². The molecule has 0 radical (unpaired) electrons. The predicted molar refractivity (Wildman–Crippen MR) is 124 cm³/mol. The molecule has 0 unspecified atom stereocenters. The number of alkyl halides is 3. The molecule has 1 heterocycles. The molecule has 188 valence electrons. The number of hydrogen-bond donors (Lipinski definition) is 3. The number of nitrogens with one attached hydrogen (secondary N) is 2. The van der Waals surface area contributed by atoms with Gasteiger partial charge < -0.3 is 30.6 Å². The van der Waals surface area contributed by atoms with Crippen molar-refractivity contribution in [1.82, 2.24) is 5.32 Å². The molecule has 11 heteroatoms. The number of hydrogen-bond acceptors (Lipinski definition) is 5. The second-order valence-electron chi connectivity index (χ2n) is 7.93. The summed E-state index contributed by atoms with van der Waals surface area (Å²) in [5.41, 5.74) is 5.14. The second-order valence-corrected chi connectivity index (χ2v) is 7.93. The van der Waals surface area contributed by atoms with Crippen LogP contribution in [0, 0.1) is 0 Å². The van der Waals surface area contributed by atoms with Crippen LogP contribution in [-0.2, 0) is 17.5 Å². The van der Waals surface area contributed by atoms with Crippen molar-refractivity contribution in [2.45, 2.75) is 18.8 Å². The van der Waals surface area contributed by atoms with Crippen molar-refractivity contribution in [1.29, 1.82) is 0 Å². The number of amides is 3. The van der Waals surface area contributed by atoms with Crippen molar-refractivity contribution in [3.8, 4) is 17.2 Å². The summed E-state index contributed by atoms with van der Waals surface area (Å²) in [5.74, 6) is 0.162. The van der Waals surface area contributed by atoms with Gasteiger partial charge in [0.2, 0.25) is 5.91 Å². The Balaban J connectivity index is 1.43. The number of halogens is 3. The van der Waals surface area contributed by atoms with Crippen molar-refractivity contribution < 1.29 is 37.0 Å². The fraction of sp³-hybridized carbons (Fsp3) is 0.200. The molecule has 0 aliphatic carbocycles. The number of nitrogens with two attached hydrogens (primary N) is 1. The van der Waals surface area contributed by atoms with E-state index in [1.165, 1.54) is 12.1 Å². The molecule has 3 aromatic rings. The lowest BCUT2D eigenvalue weighted by Gasteiger charge is -2.27. The molecule has 4 N–H and O–H groups in total. The fourth-order valence-electron chi connectivity index (χ4n) is 3.32. The molecule has 36 heavy (non-hydrogen) atoms. The van der Waals surface area contributed by atoms with Gasteiger partial charge in [-0.3, -0.25) is 4.79 Å². The molecule has 1 saturated heterocycles. The number of ether oxygens (including phenoxy) is 3. The molecule has 1 aliphatic rings. The first-order valence-corrected chi connectivity index (χ1v) is 10.8. The molecular weight excluding hydrogens is 479 g/mol. The van der Waals surface area contributed by atoms with Gasteiger partial charge in [0.1, 0.15) is 23.4 Å². The summed E-state index contributed by atoms with van der Waals surface area (Å²) in [6.45, 7) is 0.584. The van der Waals surface area contributed by atoms with Gasteiger partial charge in [-0.15, -0.1) is 0 Å². The molecule has 8 nitrogen and oxygen atoms in total. The van der Waals surface area contributed by atoms with Crippen LogP contribution in [0.2, 0.25) is 0 Å². The molecule has 1 aliphatic heterocycles. The van der Waals surface area contributed by atoms with E-state index < -0.39 is 23.7 Å². The molecule has 0 bridgehead atoms. The quantitative estimate of drug-likeness (QED) is 0.415. The van der Waals surface area contributed by atoms with Crippen LogP contribution in [0.1, 0.15) is 21.5 Å². The summed E-state index contributed by atoms with van der Waals surface area (Å²) >= 11 is 0. The Labute approximate surface area is 204 Å². The van der Waals surface area contributed by atoms with Gasteiger partial charge >= 0.3 is 12.2 Å². The van der Waals surface area contributed by atoms with Crippen LogP contribution in [0.15, 0.2) is 66.7 Å². The summed E-state index contributed by atoms with van der Waals surface area (Å²) in [7, 11) is 0. The normalized spacial score (nSPS) is 13.4. The monoisotopic (exact) mass is 501 g/mol. The maximum absolute atomic E-state index is 13.3. The van der Waals surface area contributed by atoms with Crippen molar-refractivity contribution >= 4 is 17.6 Å². The van der Waals surface area contributed by atoms with E-state index in [1.54, 1.807) is 42.5 Å². The van der Waals surface area contributed by atoms with Crippen LogP contribution in [0.25, 0.3) is 0 Å². The van der Waals surface area contributed by atoms with Gasteiger partial charge in [0.05, 0.1) is 18.8 Å². The zero-order chi connectivity index (χ0) is 25.7. The van der Waals surface area contributed by atoms with Crippen molar-refractivity contribution in [3.05, 3.63) is 83.4 Å². The van der Waals surface area contributed by atoms with Gasteiger partial charge in [-0.05, 0) is 36.4 Å². The van der Waals surface area contributed by atoms with Crippen LogP contribution in [0.3, 0.4) is 0 Å². The minimum atomic E-state index is -4.62. The first-order valence-electron chi connectivity index (χ1n) is 10.8. The SMILES string of the molecule is NC(=O)c1cccc(Oc2ccccc2CNC(=O)Nc2cc(OC3COC3)cc(C(F)(F)F)c2)c1. The Bertz CT molecular complexity index is 1260. The zero-order valence-electron chi connectivity index (χ0n) is 18.8. The van der Waals surface area contributed by atoms with E-state index in [1.807, 2.05) is 0 Å². The second kappa shape index (κ2) is 10.6. The van der Waals surface area contributed by atoms with Crippen molar-refractivity contribution in [2.24, 2.45) is 5.73 Å². The number of carbonyl (C=O) groups excluding carboxylic acids is 2. The Morgan fingerprint density at radius 3 is 2.47 bits per heavy atom. The lowest BCUT2D eigenvalue weighted by molar-refractivity contribution is -0.137. The van der Waals surface area contributed by atoms with E-state index in [9.17, 15) is 22.8 Å². The van der Waals surface area contributed by atoms with Crippen molar-refractivity contribution in [3.63, 3.8) is 0 Å². The number of anilines is 1. The third-order valence-electron chi connectivity index (χ3n) is 5.16. The third kappa shape index (κ3) is 6.45. The standard InChI is InChI=1S/C25H22F3N3O5/c26-25(27,28)17-9-18(11-20(10-17)35-21-13-34-14-21)31-24(33)30-12-16-4-1-2-7-22(16)36-19-6-3-5-15(8-19)23(29)32/h1-11,21H,12-14H2,(H2,29,32)(H2,30,31,33). The Hall–Kier alpha value is -4.25. The van der Waals surface area contributed by atoms with E-state index in [2.05, 4.69) is 10.6 Å². The van der Waals surface area contributed by atoms with E-state index in [0.717, 1.165) is 12.1 Å². The summed E-state index contributed by atoms with van der Waals surface area (Å²) in [6.07, 6.45) is -4.96. The van der Waals surface area contributed by atoms with E-state index in [4.69, 9.17) is 19.9 Å². The van der Waals surface area contributed by atoms with E-state index in [0.29, 0.717) is 17.1 Å². The average molecular weight is 501 g/mol. The number of carbonyl (C=O) groups is 2. The number of para-hydroxylation sites is 1. The van der Waals surface area contributed by atoms with Gasteiger partial charge in [-0.25, -0.2) is 4.79 Å². The lowest BCUT2D eigenvalue weighted by atomic mass is 10.1. The number of rotatable bonds is 8. The van der Waals surface area contributed by atoms with Gasteiger partial charge in [0, 0.05) is 29.4 Å². The minimum absolute atomic E-state index is 0.0131. The van der Waals surface area contributed by atoms with Gasteiger partial charge in [0.25, 0.3) is 0 Å². The Kier molecular flexibility index (Phi) is 7.30. The highest BCUT2D eigenvalue weighted by atomic mass is 19.4. The van der Waals surface area contributed by atoms with Crippen LogP contribution < -0.4 is 25.8 Å². The number of urea groups is 1. The summed E-state index contributed by atoms with van der Waals surface area (Å²) in [4.78, 5) is 23.9. The summed E-state index contributed by atoms with van der Waals surface area (Å²) in [5, 5.41) is 5.01. The molecular formula is C25H22F3N3O5. The number of benzene rings is 3. The predicted octanol–water partition coefficient (Wildman–Crippen LogP) is 4.70. The van der Waals surface area contributed by atoms with Crippen molar-refractivity contribution in [2.75, 3.05) is 18.5 Å². The number of primary amides is 1. The third-order valence-corrected chi connectivity index (χ3v) is 5.16. The summed E-state index contributed by atoms with van der Waals surface area (Å²) in [6, 6.07) is 15.5. The van der Waals surface area contributed by atoms with Gasteiger partial charge in [0.15, 0.2) is 0 Å². The molecule has 4 rings (SSSR count). The topological polar surface area (TPSA) is 112 Å². The molecule has 3 aromatic carbocycles. The first kappa shape index (κ1) is 24.9. The highest BCUT2D eigenvalue weighted by Crippen LogP contribution is 2.35. The molecule has 1 fully saturated rings. The van der Waals surface area contributed by atoms with E-state index >= 15 is 0 Å². The van der Waals surface area contributed by atoms with Gasteiger partial charge in [-0.1, -0.05) is 24.3 Å². The highest BCUT2D eigenvalue weighted by molar-refractivity contribution is 5.93. The Morgan fingerprint density at radius 1 is 1.00 bits per heavy atom. The fourth-order valence-corrected chi connectivity index (χ4v) is 3.32. The van der Waals surface area contributed by atoms with Crippen LogP contribution in [0.5, 0.6) is 17.2 Å². The maximum Gasteiger partial charge on any atom is 0.416 e. The lowest BCUT2D eigenvalue weighted by Crippen LogP contribution is -2.38. The molecule has 0 atom stereocenters. The smallest absolute Gasteiger partial charge is 0.416 e. The largest absolute Gasteiger partial charge is 0.486 e. The maximum atomic E-state index is 13.3. The van der Waals surface area contributed by atoms with E-state index in [-0.39, 0.29) is 42.9 Å². The van der Waals surface area contributed by atoms with Crippen LogP contribution in [-0.4, -0.2) is 31.3 Å². The highest BCUT2D eigenvalue weighted by Gasteiger charge is 2.32.